The number of hydrogen-bond donors (Lipinski definition) is 1. The molecule has 0 aliphatic heterocycles. The predicted molar refractivity (Wildman–Crippen MR) is 51.2 cm³/mol. The van der Waals surface area contributed by atoms with Gasteiger partial charge in [0.25, 0.3) is 0 Å². The first-order valence-electron chi connectivity index (χ1n) is 4.91. The summed E-state index contributed by atoms with van der Waals surface area (Å²) in [7, 11) is 0. The number of rotatable bonds is 3. The zero-order valence-electron chi connectivity index (χ0n) is 8.18. The van der Waals surface area contributed by atoms with Crippen molar-refractivity contribution in [3.05, 3.63) is 17.5 Å². The number of hydrogen-bond acceptors (Lipinski definition) is 3. The minimum absolute atomic E-state index is 0.141. The van der Waals surface area contributed by atoms with Crippen LogP contribution in [0.5, 0.6) is 0 Å². The zero-order chi connectivity index (χ0) is 10.8. The number of carboxylic acids is 1. The summed E-state index contributed by atoms with van der Waals surface area (Å²) in [6.07, 6.45) is 5.10. The third-order valence-electron chi connectivity index (χ3n) is 2.75. The van der Waals surface area contributed by atoms with Crippen molar-refractivity contribution in [1.29, 1.82) is 5.26 Å². The van der Waals surface area contributed by atoms with E-state index >= 15 is 0 Å². The molecule has 5 heteroatoms. The van der Waals surface area contributed by atoms with Gasteiger partial charge in [-0.3, -0.25) is 4.68 Å². The molecular formula is C10H11N3O2. The van der Waals surface area contributed by atoms with E-state index in [9.17, 15) is 4.79 Å². The Morgan fingerprint density at radius 2 is 2.47 bits per heavy atom. The molecule has 1 aliphatic rings. The van der Waals surface area contributed by atoms with Gasteiger partial charge in [0.05, 0.1) is 0 Å². The molecule has 1 heterocycles. The molecule has 5 nitrogen and oxygen atoms in total. The molecule has 2 rings (SSSR count). The second-order valence-corrected chi connectivity index (χ2v) is 3.83. The van der Waals surface area contributed by atoms with Crippen LogP contribution in [0.2, 0.25) is 0 Å². The van der Waals surface area contributed by atoms with Crippen LogP contribution in [0.1, 0.15) is 35.3 Å². The molecule has 1 aromatic rings. The average molecular weight is 205 g/mol. The highest BCUT2D eigenvalue weighted by Gasteiger charge is 2.21. The lowest BCUT2D eigenvalue weighted by Crippen LogP contribution is -2.18. The molecule has 1 saturated carbocycles. The summed E-state index contributed by atoms with van der Waals surface area (Å²) in [5.74, 6) is -0.544. The molecule has 0 radical (unpaired) electrons. The van der Waals surface area contributed by atoms with Crippen molar-refractivity contribution in [2.75, 3.05) is 0 Å². The van der Waals surface area contributed by atoms with Gasteiger partial charge in [-0.2, -0.15) is 10.4 Å². The molecule has 1 fully saturated rings. The standard InChI is InChI=1S/C10H11N3O2/c11-4-8-6-13(5-7-2-1-3-7)12-9(8)10(14)15/h6-7H,1-3,5H2,(H,14,15). The summed E-state index contributed by atoms with van der Waals surface area (Å²) in [5.41, 5.74) is -0.00125. The number of aromatic carboxylic acids is 1. The lowest BCUT2D eigenvalue weighted by molar-refractivity contribution is 0.0688. The molecule has 0 aromatic carbocycles. The molecular weight excluding hydrogens is 194 g/mol. The minimum atomic E-state index is -1.14. The van der Waals surface area contributed by atoms with Crippen LogP contribution in [0.25, 0.3) is 0 Å². The van der Waals surface area contributed by atoms with Gasteiger partial charge in [0.1, 0.15) is 11.6 Å². The Balaban J connectivity index is 2.18. The summed E-state index contributed by atoms with van der Waals surface area (Å²) >= 11 is 0. The Labute approximate surface area is 86.9 Å². The third-order valence-corrected chi connectivity index (χ3v) is 2.75. The highest BCUT2D eigenvalue weighted by molar-refractivity contribution is 5.88. The normalized spacial score (nSPS) is 15.7. The van der Waals surface area contributed by atoms with Crippen LogP contribution in [-0.2, 0) is 6.54 Å². The molecule has 15 heavy (non-hydrogen) atoms. The molecule has 78 valence electrons. The summed E-state index contributed by atoms with van der Waals surface area (Å²) in [4.78, 5) is 10.7. The fourth-order valence-electron chi connectivity index (χ4n) is 1.69. The average Bonchev–Trinajstić information content (AvgIpc) is 2.54. The summed E-state index contributed by atoms with van der Waals surface area (Å²) < 4.78 is 1.58. The van der Waals surface area contributed by atoms with E-state index in [1.807, 2.05) is 6.07 Å². The number of nitriles is 1. The number of aromatic nitrogens is 2. The highest BCUT2D eigenvalue weighted by Crippen LogP contribution is 2.27. The molecule has 0 unspecified atom stereocenters. The Kier molecular flexibility index (Phi) is 2.42. The van der Waals surface area contributed by atoms with Crippen molar-refractivity contribution in [3.8, 4) is 6.07 Å². The fourth-order valence-corrected chi connectivity index (χ4v) is 1.69. The van der Waals surface area contributed by atoms with Gasteiger partial charge in [0.15, 0.2) is 5.69 Å². The van der Waals surface area contributed by atoms with Gasteiger partial charge in [-0.1, -0.05) is 6.42 Å². The Morgan fingerprint density at radius 1 is 1.73 bits per heavy atom. The second-order valence-electron chi connectivity index (χ2n) is 3.83. The predicted octanol–water partition coefficient (Wildman–Crippen LogP) is 1.25. The number of carboxylic acid groups (broad SMARTS) is 1. The molecule has 0 saturated heterocycles. The third kappa shape index (κ3) is 1.84. The fraction of sp³-hybridized carbons (Fsp3) is 0.500. The summed E-state index contributed by atoms with van der Waals surface area (Å²) in [6.45, 7) is 0.724. The maximum absolute atomic E-state index is 10.7. The highest BCUT2D eigenvalue weighted by atomic mass is 16.4. The first-order chi connectivity index (χ1) is 7.20. The first kappa shape index (κ1) is 9.71. The van der Waals surface area contributed by atoms with Crippen LogP contribution in [0.4, 0.5) is 0 Å². The maximum atomic E-state index is 10.7. The quantitative estimate of drug-likeness (QED) is 0.805. The smallest absolute Gasteiger partial charge is 0.357 e. The van der Waals surface area contributed by atoms with E-state index in [4.69, 9.17) is 10.4 Å². The van der Waals surface area contributed by atoms with Crippen LogP contribution in [0.3, 0.4) is 0 Å². The number of nitrogens with zero attached hydrogens (tertiary/aromatic N) is 3. The molecule has 0 spiro atoms. The minimum Gasteiger partial charge on any atom is -0.476 e. The van der Waals surface area contributed by atoms with E-state index in [2.05, 4.69) is 5.10 Å². The van der Waals surface area contributed by atoms with Crippen LogP contribution < -0.4 is 0 Å². The first-order valence-corrected chi connectivity index (χ1v) is 4.91. The van der Waals surface area contributed by atoms with Crippen molar-refractivity contribution in [3.63, 3.8) is 0 Å². The van der Waals surface area contributed by atoms with E-state index in [-0.39, 0.29) is 11.3 Å². The molecule has 0 bridgehead atoms. The Hall–Kier alpha value is -1.83. The van der Waals surface area contributed by atoms with Crippen molar-refractivity contribution in [2.45, 2.75) is 25.8 Å². The molecule has 1 aromatic heterocycles. The lowest BCUT2D eigenvalue weighted by Gasteiger charge is -2.24. The van der Waals surface area contributed by atoms with Gasteiger partial charge in [-0.15, -0.1) is 0 Å². The SMILES string of the molecule is N#Cc1cn(CC2CCC2)nc1C(=O)O. The van der Waals surface area contributed by atoms with Gasteiger partial charge in [-0.05, 0) is 18.8 Å². The van der Waals surface area contributed by atoms with E-state index in [0.717, 1.165) is 6.54 Å². The van der Waals surface area contributed by atoms with Gasteiger partial charge < -0.3 is 5.11 Å². The van der Waals surface area contributed by atoms with E-state index in [0.29, 0.717) is 5.92 Å². The van der Waals surface area contributed by atoms with Crippen molar-refractivity contribution in [2.24, 2.45) is 5.92 Å². The second kappa shape index (κ2) is 3.73. The van der Waals surface area contributed by atoms with Crippen molar-refractivity contribution >= 4 is 5.97 Å². The largest absolute Gasteiger partial charge is 0.476 e. The van der Waals surface area contributed by atoms with E-state index in [1.54, 1.807) is 4.68 Å². The zero-order valence-corrected chi connectivity index (χ0v) is 8.18. The van der Waals surface area contributed by atoms with Gasteiger partial charge in [0.2, 0.25) is 0 Å². The molecule has 1 aliphatic carbocycles. The van der Waals surface area contributed by atoms with Gasteiger partial charge in [0, 0.05) is 12.7 Å². The molecule has 0 atom stereocenters. The van der Waals surface area contributed by atoms with Crippen molar-refractivity contribution < 1.29 is 9.90 Å². The summed E-state index contributed by atoms with van der Waals surface area (Å²) in [5, 5.41) is 21.4. The summed E-state index contributed by atoms with van der Waals surface area (Å²) in [6, 6.07) is 1.84. The van der Waals surface area contributed by atoms with E-state index < -0.39 is 5.97 Å². The molecule has 0 amide bonds. The van der Waals surface area contributed by atoms with Crippen LogP contribution in [0, 0.1) is 17.2 Å². The van der Waals surface area contributed by atoms with E-state index in [1.165, 1.54) is 25.5 Å². The topological polar surface area (TPSA) is 78.9 Å². The van der Waals surface area contributed by atoms with Gasteiger partial charge >= 0.3 is 5.97 Å². The molecule has 1 N–H and O–H groups in total. The van der Waals surface area contributed by atoms with Crippen LogP contribution >= 0.6 is 0 Å². The van der Waals surface area contributed by atoms with Crippen molar-refractivity contribution in [1.82, 2.24) is 9.78 Å². The monoisotopic (exact) mass is 205 g/mol. The van der Waals surface area contributed by atoms with Crippen LogP contribution in [-0.4, -0.2) is 20.9 Å². The maximum Gasteiger partial charge on any atom is 0.357 e. The van der Waals surface area contributed by atoms with Crippen LogP contribution in [0.15, 0.2) is 6.20 Å². The Morgan fingerprint density at radius 3 is 2.87 bits per heavy atom. The number of carbonyl (C=O) groups is 1. The lowest BCUT2D eigenvalue weighted by atomic mass is 9.85. The van der Waals surface area contributed by atoms with Gasteiger partial charge in [-0.25, -0.2) is 4.79 Å². The Bertz CT molecular complexity index is 426.